The van der Waals surface area contributed by atoms with Gasteiger partial charge < -0.3 is 21.5 Å². The number of carbonyl (C=O) groups is 1. The molecule has 0 aliphatic heterocycles. The van der Waals surface area contributed by atoms with Crippen LogP contribution in [-0.4, -0.2) is 30.3 Å². The van der Waals surface area contributed by atoms with Gasteiger partial charge >= 0.3 is 0 Å². The summed E-state index contributed by atoms with van der Waals surface area (Å²) in [5, 5.41) is 3.16. The lowest BCUT2D eigenvalue weighted by Crippen LogP contribution is -2.22. The molecule has 0 saturated heterocycles. The van der Waals surface area contributed by atoms with Gasteiger partial charge in [0.15, 0.2) is 0 Å². The topological polar surface area (TPSA) is 116 Å². The SMILES string of the molecule is CCN=C(/C=C\N)C(=O)Nc1ccc(-c2cc(OC)ccc2Cl)c(N)n1. The summed E-state index contributed by atoms with van der Waals surface area (Å²) in [6, 6.07) is 8.61. The number of nitrogens with two attached hydrogens (primary N) is 2. The highest BCUT2D eigenvalue weighted by Gasteiger charge is 2.13. The zero-order valence-electron chi connectivity index (χ0n) is 14.5. The summed E-state index contributed by atoms with van der Waals surface area (Å²) in [5.74, 6) is 0.744. The van der Waals surface area contributed by atoms with E-state index in [0.717, 1.165) is 0 Å². The Labute approximate surface area is 156 Å². The first-order valence-corrected chi connectivity index (χ1v) is 8.22. The Morgan fingerprint density at radius 1 is 1.35 bits per heavy atom. The number of nitrogens with one attached hydrogen (secondary N) is 1. The van der Waals surface area contributed by atoms with Crippen molar-refractivity contribution < 1.29 is 9.53 Å². The van der Waals surface area contributed by atoms with Crippen molar-refractivity contribution in [2.45, 2.75) is 6.92 Å². The van der Waals surface area contributed by atoms with Gasteiger partial charge in [-0.05, 0) is 49.5 Å². The quantitative estimate of drug-likeness (QED) is 0.673. The first-order chi connectivity index (χ1) is 12.5. The van der Waals surface area contributed by atoms with Crippen molar-refractivity contribution in [3.63, 3.8) is 0 Å². The molecule has 0 unspecified atom stereocenters. The highest BCUT2D eigenvalue weighted by atomic mass is 35.5. The molecule has 5 N–H and O–H groups in total. The fourth-order valence-corrected chi connectivity index (χ4v) is 2.47. The average Bonchev–Trinajstić information content (AvgIpc) is 2.62. The van der Waals surface area contributed by atoms with Gasteiger partial charge in [-0.15, -0.1) is 0 Å². The maximum Gasteiger partial charge on any atom is 0.275 e. The molecular formula is C18H20ClN5O2. The molecule has 1 aromatic heterocycles. The third-order valence-electron chi connectivity index (χ3n) is 3.45. The van der Waals surface area contributed by atoms with Crippen LogP contribution < -0.4 is 21.5 Å². The number of carbonyl (C=O) groups excluding carboxylic acids is 1. The first kappa shape index (κ1) is 19.3. The lowest BCUT2D eigenvalue weighted by atomic mass is 10.1. The normalized spacial score (nSPS) is 11.6. The van der Waals surface area contributed by atoms with Gasteiger partial charge in [-0.1, -0.05) is 11.6 Å². The van der Waals surface area contributed by atoms with Crippen LogP contribution in [0.15, 0.2) is 47.6 Å². The number of methoxy groups -OCH3 is 1. The van der Waals surface area contributed by atoms with Gasteiger partial charge in [0, 0.05) is 22.7 Å². The molecule has 0 bridgehead atoms. The number of ether oxygens (including phenoxy) is 1. The molecule has 8 heteroatoms. The van der Waals surface area contributed by atoms with E-state index in [4.69, 9.17) is 27.8 Å². The van der Waals surface area contributed by atoms with Crippen molar-refractivity contribution in [2.24, 2.45) is 10.7 Å². The van der Waals surface area contributed by atoms with Crippen LogP contribution in [0.3, 0.4) is 0 Å². The van der Waals surface area contributed by atoms with Gasteiger partial charge in [-0.3, -0.25) is 9.79 Å². The van der Waals surface area contributed by atoms with Crippen LogP contribution in [0.2, 0.25) is 5.02 Å². The second-order valence-electron chi connectivity index (χ2n) is 5.15. The molecule has 26 heavy (non-hydrogen) atoms. The average molecular weight is 374 g/mol. The van der Waals surface area contributed by atoms with Crippen LogP contribution in [0, 0.1) is 0 Å². The molecule has 1 heterocycles. The molecule has 0 spiro atoms. The minimum atomic E-state index is -0.424. The molecular weight excluding hydrogens is 354 g/mol. The highest BCUT2D eigenvalue weighted by Crippen LogP contribution is 2.34. The van der Waals surface area contributed by atoms with E-state index < -0.39 is 5.91 Å². The molecule has 0 atom stereocenters. The number of amides is 1. The Hall–Kier alpha value is -3.06. The number of hydrogen-bond donors (Lipinski definition) is 3. The van der Waals surface area contributed by atoms with E-state index in [1.54, 1.807) is 37.4 Å². The summed E-state index contributed by atoms with van der Waals surface area (Å²) in [6.07, 6.45) is 2.68. The van der Waals surface area contributed by atoms with Gasteiger partial charge in [-0.25, -0.2) is 4.98 Å². The molecule has 2 rings (SSSR count). The van der Waals surface area contributed by atoms with E-state index in [0.29, 0.717) is 34.3 Å². The van der Waals surface area contributed by atoms with Crippen molar-refractivity contribution in [3.8, 4) is 16.9 Å². The third kappa shape index (κ3) is 4.52. The van der Waals surface area contributed by atoms with Crippen LogP contribution in [0.1, 0.15) is 6.92 Å². The molecule has 1 aromatic carbocycles. The van der Waals surface area contributed by atoms with Gasteiger partial charge in [0.2, 0.25) is 0 Å². The van der Waals surface area contributed by atoms with E-state index in [2.05, 4.69) is 15.3 Å². The second-order valence-corrected chi connectivity index (χ2v) is 5.56. The Morgan fingerprint density at radius 3 is 2.73 bits per heavy atom. The lowest BCUT2D eigenvalue weighted by Gasteiger charge is -2.11. The number of aliphatic imine (C=N–C) groups is 1. The molecule has 2 aromatic rings. The van der Waals surface area contributed by atoms with Crippen molar-refractivity contribution in [3.05, 3.63) is 47.6 Å². The fraction of sp³-hybridized carbons (Fsp3) is 0.167. The first-order valence-electron chi connectivity index (χ1n) is 7.84. The number of aromatic nitrogens is 1. The van der Waals surface area contributed by atoms with E-state index in [1.807, 2.05) is 6.92 Å². The number of anilines is 2. The van der Waals surface area contributed by atoms with Crippen LogP contribution >= 0.6 is 11.6 Å². The Kier molecular flexibility index (Phi) is 6.57. The zero-order valence-corrected chi connectivity index (χ0v) is 15.2. The molecule has 0 aliphatic carbocycles. The Morgan fingerprint density at radius 2 is 2.12 bits per heavy atom. The van der Waals surface area contributed by atoms with Gasteiger partial charge in [0.25, 0.3) is 5.91 Å². The van der Waals surface area contributed by atoms with Crippen LogP contribution in [-0.2, 0) is 4.79 Å². The van der Waals surface area contributed by atoms with E-state index in [1.165, 1.54) is 12.3 Å². The molecule has 136 valence electrons. The predicted molar refractivity (Wildman–Crippen MR) is 106 cm³/mol. The monoisotopic (exact) mass is 373 g/mol. The summed E-state index contributed by atoms with van der Waals surface area (Å²) in [4.78, 5) is 20.5. The predicted octanol–water partition coefficient (Wildman–Crippen LogP) is 2.86. The Balaban J connectivity index is 2.30. The second kappa shape index (κ2) is 8.87. The van der Waals surface area contributed by atoms with Gasteiger partial charge in [0.1, 0.15) is 23.1 Å². The lowest BCUT2D eigenvalue weighted by molar-refractivity contribution is -0.110. The molecule has 0 fully saturated rings. The molecule has 1 amide bonds. The van der Waals surface area contributed by atoms with Crippen molar-refractivity contribution >= 4 is 34.9 Å². The minimum Gasteiger partial charge on any atom is -0.497 e. The van der Waals surface area contributed by atoms with Crippen LogP contribution in [0.4, 0.5) is 11.6 Å². The number of benzene rings is 1. The maximum absolute atomic E-state index is 12.2. The minimum absolute atomic E-state index is 0.204. The molecule has 0 aliphatic rings. The number of nitrogen functional groups attached to an aromatic ring is 1. The highest BCUT2D eigenvalue weighted by molar-refractivity contribution is 6.47. The summed E-state index contributed by atoms with van der Waals surface area (Å²) < 4.78 is 5.21. The molecule has 0 radical (unpaired) electrons. The smallest absolute Gasteiger partial charge is 0.275 e. The fourth-order valence-electron chi connectivity index (χ4n) is 2.25. The van der Waals surface area contributed by atoms with Crippen molar-refractivity contribution in [1.82, 2.24) is 4.98 Å². The number of hydrogen-bond acceptors (Lipinski definition) is 6. The number of pyridine rings is 1. The van der Waals surface area contributed by atoms with Gasteiger partial charge in [-0.2, -0.15) is 0 Å². The van der Waals surface area contributed by atoms with Gasteiger partial charge in [0.05, 0.1) is 7.11 Å². The summed E-state index contributed by atoms with van der Waals surface area (Å²) in [7, 11) is 1.57. The molecule has 7 nitrogen and oxygen atoms in total. The third-order valence-corrected chi connectivity index (χ3v) is 3.77. The van der Waals surface area contributed by atoms with Crippen molar-refractivity contribution in [1.29, 1.82) is 0 Å². The van der Waals surface area contributed by atoms with E-state index in [9.17, 15) is 4.79 Å². The maximum atomic E-state index is 12.2. The van der Waals surface area contributed by atoms with Crippen LogP contribution in [0.25, 0.3) is 11.1 Å². The Bertz CT molecular complexity index is 865. The molecule has 0 saturated carbocycles. The van der Waals surface area contributed by atoms with E-state index in [-0.39, 0.29) is 11.5 Å². The van der Waals surface area contributed by atoms with Crippen LogP contribution in [0.5, 0.6) is 5.75 Å². The standard InChI is InChI=1S/C18H20ClN5O2/c1-3-22-15(8-9-20)18(25)24-16-7-5-12(17(21)23-16)13-10-11(26-2)4-6-14(13)19/h4-10H,3,20H2,1-2H3,(H3,21,23,24,25)/b9-8-,22-15?. The summed E-state index contributed by atoms with van der Waals surface area (Å²) >= 11 is 6.25. The number of nitrogens with zero attached hydrogens (tertiary/aromatic N) is 2. The van der Waals surface area contributed by atoms with E-state index >= 15 is 0 Å². The zero-order chi connectivity index (χ0) is 19.1. The largest absolute Gasteiger partial charge is 0.497 e. The number of rotatable bonds is 6. The summed E-state index contributed by atoms with van der Waals surface area (Å²) in [5.41, 5.74) is 12.9. The number of halogens is 1. The summed E-state index contributed by atoms with van der Waals surface area (Å²) in [6.45, 7) is 2.27. The van der Waals surface area contributed by atoms with Crippen molar-refractivity contribution in [2.75, 3.05) is 24.7 Å².